The van der Waals surface area contributed by atoms with E-state index in [1.807, 2.05) is 0 Å². The molecule has 230 valence electrons. The molecule has 1 unspecified atom stereocenters. The van der Waals surface area contributed by atoms with Gasteiger partial charge in [0.1, 0.15) is 0 Å². The molecule has 0 aromatic heterocycles. The third kappa shape index (κ3) is 6.29. The lowest BCUT2D eigenvalue weighted by Gasteiger charge is -2.63. The average molecular weight is 584 g/mol. The summed E-state index contributed by atoms with van der Waals surface area (Å²) in [4.78, 5) is 12.4. The van der Waals surface area contributed by atoms with Crippen LogP contribution in [0.4, 0.5) is 0 Å². The predicted octanol–water partition coefficient (Wildman–Crippen LogP) is 4.60. The highest BCUT2D eigenvalue weighted by Gasteiger charge is 2.63. The summed E-state index contributed by atoms with van der Waals surface area (Å²) in [5.74, 6) is 2.73. The smallest absolute Gasteiger partial charge is 0.266 e. The zero-order valence-corrected chi connectivity index (χ0v) is 25.7. The van der Waals surface area contributed by atoms with E-state index in [1.165, 1.54) is 25.7 Å². The summed E-state index contributed by atoms with van der Waals surface area (Å²) in [5.41, 5.74) is 0.515. The molecule has 4 saturated carbocycles. The Kier molecular flexibility index (Phi) is 9.29. The first-order chi connectivity index (χ1) is 18.9. The van der Waals surface area contributed by atoms with Crippen molar-refractivity contribution in [3.63, 3.8) is 0 Å². The lowest BCUT2D eigenvalue weighted by molar-refractivity contribution is -0.206. The lowest BCUT2D eigenvalue weighted by atomic mass is 9.43. The fraction of sp³-hybridized carbons (Fsp3) is 0.968. The van der Waals surface area contributed by atoms with Gasteiger partial charge in [-0.3, -0.25) is 9.35 Å². The second kappa shape index (κ2) is 12.1. The monoisotopic (exact) mass is 583 g/mol. The molecule has 1 heterocycles. The van der Waals surface area contributed by atoms with Crippen LogP contribution in [0.15, 0.2) is 0 Å². The minimum atomic E-state index is -4.07. The van der Waals surface area contributed by atoms with Crippen molar-refractivity contribution in [1.29, 1.82) is 0 Å². The Bertz CT molecular complexity index is 1000. The van der Waals surface area contributed by atoms with Crippen LogP contribution in [0.25, 0.3) is 0 Å². The molecule has 1 saturated heterocycles. The maximum Gasteiger partial charge on any atom is 0.266 e. The Morgan fingerprint density at radius 2 is 1.73 bits per heavy atom. The van der Waals surface area contributed by atoms with Gasteiger partial charge in [0.2, 0.25) is 5.91 Å². The number of aliphatic hydroxyl groups is 1. The number of rotatable bonds is 9. The zero-order valence-electron chi connectivity index (χ0n) is 24.9. The second-order valence-electron chi connectivity index (χ2n) is 14.5. The molecule has 9 heteroatoms. The first-order valence-corrected chi connectivity index (χ1v) is 17.6. The molecule has 5 rings (SSSR count). The van der Waals surface area contributed by atoms with Gasteiger partial charge in [-0.1, -0.05) is 20.8 Å². The highest BCUT2D eigenvalue weighted by Crippen LogP contribution is 2.68. The first-order valence-electron chi connectivity index (χ1n) is 16.0. The number of fused-ring (bicyclic) bond motifs is 5. The average Bonchev–Trinajstić information content (AvgIpc) is 3.25. The van der Waals surface area contributed by atoms with E-state index in [-0.39, 0.29) is 41.6 Å². The first kappa shape index (κ1) is 30.7. The van der Waals surface area contributed by atoms with Crippen LogP contribution in [0.3, 0.4) is 0 Å². The number of hydrogen-bond donors (Lipinski definition) is 3. The number of hydrogen-bond acceptors (Lipinski definition) is 6. The SMILES string of the molecule is C[C@H](CCC(=O)NCCS(=O)(=O)O)[C@H]1CC[C@H]2[C@@H]3[C@@H](OC4CCOCC4)CC4C[C@H](O)CC[C@]4(C)[C@H]3CC[C@]12C. The van der Waals surface area contributed by atoms with Crippen LogP contribution >= 0.6 is 0 Å². The summed E-state index contributed by atoms with van der Waals surface area (Å²) in [6.45, 7) is 8.88. The molecule has 5 aliphatic rings. The van der Waals surface area contributed by atoms with E-state index >= 15 is 0 Å². The number of nitrogens with one attached hydrogen (secondary N) is 1. The maximum absolute atomic E-state index is 12.4. The topological polar surface area (TPSA) is 122 Å². The van der Waals surface area contributed by atoms with Gasteiger partial charge in [-0.15, -0.1) is 0 Å². The van der Waals surface area contributed by atoms with E-state index in [0.29, 0.717) is 41.9 Å². The molecule has 5 fully saturated rings. The summed E-state index contributed by atoms with van der Waals surface area (Å²) in [7, 11) is -4.07. The quantitative estimate of drug-likeness (QED) is 0.339. The summed E-state index contributed by atoms with van der Waals surface area (Å²) in [6, 6.07) is 0. The Labute approximate surface area is 241 Å². The summed E-state index contributed by atoms with van der Waals surface area (Å²) < 4.78 is 43.5. The number of ether oxygens (including phenoxy) is 2. The van der Waals surface area contributed by atoms with Crippen molar-refractivity contribution in [2.24, 2.45) is 46.3 Å². The molecule has 0 bridgehead atoms. The van der Waals surface area contributed by atoms with Crippen molar-refractivity contribution >= 4 is 16.0 Å². The van der Waals surface area contributed by atoms with Gasteiger partial charge in [0.05, 0.1) is 24.1 Å². The van der Waals surface area contributed by atoms with Crippen molar-refractivity contribution < 1.29 is 32.3 Å². The second-order valence-corrected chi connectivity index (χ2v) is 16.1. The Morgan fingerprint density at radius 1 is 1.02 bits per heavy atom. The zero-order chi connectivity index (χ0) is 28.7. The molecule has 0 radical (unpaired) electrons. The number of carbonyl (C=O) groups excluding carboxylic acids is 1. The van der Waals surface area contributed by atoms with Gasteiger partial charge in [-0.05, 0) is 117 Å². The highest BCUT2D eigenvalue weighted by atomic mass is 32.2. The molecule has 10 atom stereocenters. The van der Waals surface area contributed by atoms with Gasteiger partial charge in [-0.2, -0.15) is 8.42 Å². The third-order valence-corrected chi connectivity index (χ3v) is 13.2. The van der Waals surface area contributed by atoms with Gasteiger partial charge in [0.25, 0.3) is 10.1 Å². The van der Waals surface area contributed by atoms with E-state index < -0.39 is 15.9 Å². The predicted molar refractivity (Wildman–Crippen MR) is 153 cm³/mol. The molecule has 0 aromatic carbocycles. The van der Waals surface area contributed by atoms with Crippen molar-refractivity contribution in [3.05, 3.63) is 0 Å². The maximum atomic E-state index is 12.4. The standard InChI is InChI=1S/C31H53NO7S/c1-20(4-7-28(34)32-14-17-40(35,36)37)24-5-6-25-29-26(9-13-31(24,25)3)30(2)12-8-22(33)18-21(30)19-27(29)39-23-10-15-38-16-11-23/h20-27,29,33H,4-19H2,1-3H3,(H,32,34)(H,35,36,37)/t20-,21?,22-,24-,25+,26+,27+,29+,30+,31-/m1/s1. The Balaban J connectivity index is 1.29. The number of carbonyl (C=O) groups is 1. The summed E-state index contributed by atoms with van der Waals surface area (Å²) >= 11 is 0. The van der Waals surface area contributed by atoms with Gasteiger partial charge < -0.3 is 19.9 Å². The molecule has 0 aromatic rings. The van der Waals surface area contributed by atoms with Crippen molar-refractivity contribution in [1.82, 2.24) is 5.32 Å². The van der Waals surface area contributed by atoms with Gasteiger partial charge in [0, 0.05) is 26.2 Å². The van der Waals surface area contributed by atoms with Crippen molar-refractivity contribution in [3.8, 4) is 0 Å². The van der Waals surface area contributed by atoms with Crippen molar-refractivity contribution in [2.75, 3.05) is 25.5 Å². The molecule has 4 aliphatic carbocycles. The van der Waals surface area contributed by atoms with Crippen LogP contribution in [-0.4, -0.2) is 67.8 Å². The van der Waals surface area contributed by atoms with Gasteiger partial charge in [-0.25, -0.2) is 0 Å². The molecular weight excluding hydrogens is 530 g/mol. The Morgan fingerprint density at radius 3 is 2.45 bits per heavy atom. The molecular formula is C31H53NO7S. The largest absolute Gasteiger partial charge is 0.393 e. The van der Waals surface area contributed by atoms with Crippen LogP contribution in [0.2, 0.25) is 0 Å². The third-order valence-electron chi connectivity index (χ3n) is 12.4. The minimum Gasteiger partial charge on any atom is -0.393 e. The molecule has 1 aliphatic heterocycles. The fourth-order valence-corrected chi connectivity index (χ4v) is 10.7. The van der Waals surface area contributed by atoms with Crippen LogP contribution < -0.4 is 5.32 Å². The normalized spacial score (nSPS) is 42.9. The van der Waals surface area contributed by atoms with Gasteiger partial charge >= 0.3 is 0 Å². The molecule has 0 spiro atoms. The summed E-state index contributed by atoms with van der Waals surface area (Å²) in [5, 5.41) is 13.2. The van der Waals surface area contributed by atoms with E-state index in [1.54, 1.807) is 0 Å². The number of aliphatic hydroxyl groups excluding tert-OH is 1. The Hall–Kier alpha value is -0.740. The molecule has 8 nitrogen and oxygen atoms in total. The highest BCUT2D eigenvalue weighted by molar-refractivity contribution is 7.85. The van der Waals surface area contributed by atoms with E-state index in [2.05, 4.69) is 26.1 Å². The van der Waals surface area contributed by atoms with E-state index in [0.717, 1.165) is 58.2 Å². The van der Waals surface area contributed by atoms with Crippen LogP contribution in [0.1, 0.15) is 97.8 Å². The molecule has 1 amide bonds. The minimum absolute atomic E-state index is 0.0520. The van der Waals surface area contributed by atoms with Crippen molar-refractivity contribution in [2.45, 2.75) is 116 Å². The van der Waals surface area contributed by atoms with Crippen LogP contribution in [-0.2, 0) is 24.4 Å². The number of amides is 1. The van der Waals surface area contributed by atoms with E-state index in [9.17, 15) is 18.3 Å². The van der Waals surface area contributed by atoms with Crippen LogP contribution in [0.5, 0.6) is 0 Å². The molecule has 3 N–H and O–H groups in total. The summed E-state index contributed by atoms with van der Waals surface area (Å²) in [6.07, 6.45) is 12.4. The van der Waals surface area contributed by atoms with Gasteiger partial charge in [0.15, 0.2) is 0 Å². The fourth-order valence-electron chi connectivity index (χ4n) is 10.3. The molecule has 40 heavy (non-hydrogen) atoms. The lowest BCUT2D eigenvalue weighted by Crippen LogP contribution is -2.59. The van der Waals surface area contributed by atoms with Crippen LogP contribution in [0, 0.1) is 46.3 Å². The van der Waals surface area contributed by atoms with E-state index in [4.69, 9.17) is 14.0 Å².